The van der Waals surface area contributed by atoms with Gasteiger partial charge in [-0.15, -0.1) is 0 Å². The van der Waals surface area contributed by atoms with E-state index < -0.39 is 0 Å². The first-order valence-electron chi connectivity index (χ1n) is 10.6. The first-order valence-corrected chi connectivity index (χ1v) is 10.6. The van der Waals surface area contributed by atoms with Gasteiger partial charge >= 0.3 is 0 Å². The van der Waals surface area contributed by atoms with Crippen LogP contribution in [0.25, 0.3) is 11.3 Å². The third kappa shape index (κ3) is 4.47. The lowest BCUT2D eigenvalue weighted by Gasteiger charge is -2.14. The molecule has 0 unspecified atom stereocenters. The van der Waals surface area contributed by atoms with Crippen molar-refractivity contribution in [2.75, 3.05) is 17.2 Å². The van der Waals surface area contributed by atoms with Crippen LogP contribution < -0.4 is 15.4 Å². The Balaban J connectivity index is 1.43. The highest BCUT2D eigenvalue weighted by molar-refractivity contribution is 6.07. The van der Waals surface area contributed by atoms with Crippen LogP contribution in [0.15, 0.2) is 65.5 Å². The van der Waals surface area contributed by atoms with Gasteiger partial charge in [0.2, 0.25) is 0 Å². The van der Waals surface area contributed by atoms with E-state index in [9.17, 15) is 9.59 Å². The van der Waals surface area contributed by atoms with Gasteiger partial charge in [0.1, 0.15) is 12.1 Å². The molecule has 1 aliphatic carbocycles. The Hall–Kier alpha value is -4.40. The number of carbonyl (C=O) groups is 2. The van der Waals surface area contributed by atoms with Gasteiger partial charge < -0.3 is 24.9 Å². The molecule has 0 saturated carbocycles. The van der Waals surface area contributed by atoms with Gasteiger partial charge in [-0.1, -0.05) is 18.2 Å². The zero-order valence-electron chi connectivity index (χ0n) is 17.6. The number of anilines is 3. The Labute approximate surface area is 189 Å². The smallest absolute Gasteiger partial charge is 0.263 e. The van der Waals surface area contributed by atoms with Gasteiger partial charge in [-0.05, 0) is 42.3 Å². The normalized spacial score (nSPS) is 12.8. The molecule has 33 heavy (non-hydrogen) atoms. The molecule has 4 aromatic rings. The molecule has 1 amide bonds. The average molecular weight is 443 g/mol. The lowest BCUT2D eigenvalue weighted by Crippen LogP contribution is -2.20. The number of pyridine rings is 1. The highest BCUT2D eigenvalue weighted by Gasteiger charge is 2.27. The maximum Gasteiger partial charge on any atom is 0.263 e. The van der Waals surface area contributed by atoms with Crippen molar-refractivity contribution in [3.05, 3.63) is 72.2 Å². The van der Waals surface area contributed by atoms with Gasteiger partial charge in [-0.2, -0.15) is 0 Å². The van der Waals surface area contributed by atoms with E-state index in [0.717, 1.165) is 41.2 Å². The summed E-state index contributed by atoms with van der Waals surface area (Å²) in [6.07, 6.45) is 5.12. The fraction of sp³-hybridized carbons (Fsp3) is 0.167. The molecule has 5 rings (SSSR count). The van der Waals surface area contributed by atoms with Gasteiger partial charge in [-0.3, -0.25) is 9.59 Å². The lowest BCUT2D eigenvalue weighted by molar-refractivity contribution is -0.118. The molecular weight excluding hydrogens is 422 g/mol. The number of Topliss-reactive ketones (excluding diaryl/α,β-unsaturated/α-hetero) is 1. The largest absolute Gasteiger partial charge is 0.465 e. The predicted octanol–water partition coefficient (Wildman–Crippen LogP) is 4.34. The van der Waals surface area contributed by atoms with E-state index in [1.165, 1.54) is 12.3 Å². The standard InChI is InChI=1S/C24H21N5O4/c30-18-8-4-7-17-22(18)24(26-16-5-2-1-3-6-16)23(27-17)15-9-11-25-19(13-15)28-20(31)14-32-21-10-12-33-29-21/h1-3,5-6,9-13,26-27H,4,7-8,14H2,(H,25,28,31). The van der Waals surface area contributed by atoms with Crippen LogP contribution in [0.2, 0.25) is 0 Å². The van der Waals surface area contributed by atoms with Crippen molar-refractivity contribution in [2.24, 2.45) is 0 Å². The molecule has 3 aromatic heterocycles. The Morgan fingerprint density at radius 1 is 1.15 bits per heavy atom. The number of amides is 1. The van der Waals surface area contributed by atoms with E-state index in [1.807, 2.05) is 36.4 Å². The minimum absolute atomic E-state index is 0.116. The fourth-order valence-electron chi connectivity index (χ4n) is 3.85. The Morgan fingerprint density at radius 2 is 2.03 bits per heavy atom. The monoisotopic (exact) mass is 443 g/mol. The molecule has 166 valence electrons. The number of aromatic amines is 1. The highest BCUT2D eigenvalue weighted by Crippen LogP contribution is 2.39. The van der Waals surface area contributed by atoms with Crippen LogP contribution in [0.3, 0.4) is 0 Å². The van der Waals surface area contributed by atoms with Gasteiger partial charge in [-0.25, -0.2) is 4.98 Å². The van der Waals surface area contributed by atoms with Crippen LogP contribution in [0.4, 0.5) is 17.2 Å². The summed E-state index contributed by atoms with van der Waals surface area (Å²) in [6.45, 7) is -0.232. The summed E-state index contributed by atoms with van der Waals surface area (Å²) < 4.78 is 9.92. The zero-order valence-corrected chi connectivity index (χ0v) is 17.6. The van der Waals surface area contributed by atoms with E-state index in [0.29, 0.717) is 17.8 Å². The van der Waals surface area contributed by atoms with Crippen LogP contribution in [0.5, 0.6) is 5.88 Å². The van der Waals surface area contributed by atoms with Crippen LogP contribution in [-0.4, -0.2) is 33.4 Å². The van der Waals surface area contributed by atoms with E-state index in [2.05, 4.69) is 30.3 Å². The summed E-state index contributed by atoms with van der Waals surface area (Å²) in [6, 6.07) is 14.8. The molecular formula is C24H21N5O4. The molecule has 9 heteroatoms. The first kappa shape index (κ1) is 20.5. The molecule has 3 N–H and O–H groups in total. The van der Waals surface area contributed by atoms with Crippen molar-refractivity contribution in [2.45, 2.75) is 19.3 Å². The minimum atomic E-state index is -0.383. The number of benzene rings is 1. The number of fused-ring (bicyclic) bond motifs is 1. The Bertz CT molecular complexity index is 1280. The number of ether oxygens (including phenoxy) is 1. The van der Waals surface area contributed by atoms with Crippen molar-refractivity contribution in [3.8, 4) is 17.1 Å². The van der Waals surface area contributed by atoms with Crippen molar-refractivity contribution >= 4 is 28.9 Å². The van der Waals surface area contributed by atoms with Crippen LogP contribution >= 0.6 is 0 Å². The lowest BCUT2D eigenvalue weighted by atomic mass is 9.95. The number of rotatable bonds is 7. The SMILES string of the molecule is O=C(COc1ccon1)Nc1cc(-c2[nH]c3c(c2Nc2ccccc2)C(=O)CCC3)ccn1. The van der Waals surface area contributed by atoms with E-state index in [1.54, 1.807) is 12.3 Å². The van der Waals surface area contributed by atoms with Gasteiger partial charge in [0.05, 0.1) is 16.9 Å². The summed E-state index contributed by atoms with van der Waals surface area (Å²) >= 11 is 0. The number of nitrogens with zero attached hydrogens (tertiary/aromatic N) is 2. The second-order valence-electron chi connectivity index (χ2n) is 7.60. The van der Waals surface area contributed by atoms with Crippen molar-refractivity contribution < 1.29 is 18.8 Å². The Kier molecular flexibility index (Phi) is 5.59. The summed E-state index contributed by atoms with van der Waals surface area (Å²) in [4.78, 5) is 32.7. The van der Waals surface area contributed by atoms with Crippen molar-refractivity contribution in [3.63, 3.8) is 0 Å². The first-order chi connectivity index (χ1) is 16.2. The molecule has 1 aliphatic rings. The molecule has 9 nitrogen and oxygen atoms in total. The average Bonchev–Trinajstić information content (AvgIpc) is 3.48. The van der Waals surface area contributed by atoms with E-state index in [4.69, 9.17) is 4.74 Å². The molecule has 0 aliphatic heterocycles. The number of para-hydroxylation sites is 1. The summed E-state index contributed by atoms with van der Waals surface area (Å²) in [5, 5.41) is 9.73. The van der Waals surface area contributed by atoms with Crippen LogP contribution in [0.1, 0.15) is 28.9 Å². The zero-order chi connectivity index (χ0) is 22.6. The Morgan fingerprint density at radius 3 is 2.85 bits per heavy atom. The van der Waals surface area contributed by atoms with Gasteiger partial charge in [0.25, 0.3) is 11.8 Å². The second-order valence-corrected chi connectivity index (χ2v) is 7.60. The maximum atomic E-state index is 12.8. The summed E-state index contributed by atoms with van der Waals surface area (Å²) in [5.41, 5.74) is 4.80. The quantitative estimate of drug-likeness (QED) is 0.388. The van der Waals surface area contributed by atoms with Crippen LogP contribution in [0, 0.1) is 0 Å². The second kappa shape index (κ2) is 8.99. The number of carbonyl (C=O) groups excluding carboxylic acids is 2. The maximum absolute atomic E-state index is 12.8. The number of aromatic nitrogens is 3. The number of aryl methyl sites for hydroxylation is 1. The third-order valence-corrected chi connectivity index (χ3v) is 5.31. The van der Waals surface area contributed by atoms with Gasteiger partial charge in [0, 0.05) is 35.6 Å². The molecule has 0 radical (unpaired) electrons. The topological polar surface area (TPSA) is 122 Å². The fourth-order valence-corrected chi connectivity index (χ4v) is 3.85. The third-order valence-electron chi connectivity index (χ3n) is 5.31. The molecule has 0 atom stereocenters. The molecule has 0 bridgehead atoms. The summed E-state index contributed by atoms with van der Waals surface area (Å²) in [7, 11) is 0. The number of nitrogens with one attached hydrogen (secondary N) is 3. The molecule has 0 spiro atoms. The summed E-state index contributed by atoms with van der Waals surface area (Å²) in [5.74, 6) is 0.326. The molecule has 0 fully saturated rings. The number of H-pyrrole nitrogens is 1. The van der Waals surface area contributed by atoms with Crippen molar-refractivity contribution in [1.29, 1.82) is 0 Å². The predicted molar refractivity (Wildman–Crippen MR) is 122 cm³/mol. The molecule has 3 heterocycles. The van der Waals surface area contributed by atoms with E-state index in [-0.39, 0.29) is 24.2 Å². The van der Waals surface area contributed by atoms with E-state index >= 15 is 0 Å². The number of hydrogen-bond donors (Lipinski definition) is 3. The molecule has 1 aromatic carbocycles. The molecule has 0 saturated heterocycles. The number of ketones is 1. The highest BCUT2D eigenvalue weighted by atomic mass is 16.5. The van der Waals surface area contributed by atoms with Crippen molar-refractivity contribution in [1.82, 2.24) is 15.1 Å². The number of hydrogen-bond acceptors (Lipinski definition) is 7. The van der Waals surface area contributed by atoms with Gasteiger partial charge in [0.15, 0.2) is 12.4 Å². The van der Waals surface area contributed by atoms with Crippen LogP contribution in [-0.2, 0) is 11.2 Å². The minimum Gasteiger partial charge on any atom is -0.465 e.